The first-order valence-corrected chi connectivity index (χ1v) is 6.42. The lowest BCUT2D eigenvalue weighted by atomic mass is 10.2. The Morgan fingerprint density at radius 2 is 2.25 bits per heavy atom. The molecule has 0 aliphatic heterocycles. The Kier molecular flexibility index (Phi) is 5.09. The molecule has 0 amide bonds. The maximum atomic E-state index is 8.56. The highest BCUT2D eigenvalue weighted by atomic mass is 16.5. The molecule has 0 saturated heterocycles. The van der Waals surface area contributed by atoms with Gasteiger partial charge < -0.3 is 14.6 Å². The fraction of sp³-hybridized carbons (Fsp3) is 0.357. The number of hydrogen-bond acceptors (Lipinski definition) is 5. The number of ether oxygens (including phenoxy) is 1. The van der Waals surface area contributed by atoms with E-state index in [0.29, 0.717) is 6.54 Å². The quantitative estimate of drug-likeness (QED) is 0.762. The van der Waals surface area contributed by atoms with Crippen LogP contribution in [-0.2, 0) is 20.0 Å². The zero-order valence-corrected chi connectivity index (χ0v) is 11.4. The molecule has 1 heterocycles. The Balaban J connectivity index is 1.82. The summed E-state index contributed by atoms with van der Waals surface area (Å²) in [7, 11) is 1.93. The van der Waals surface area contributed by atoms with Gasteiger partial charge in [-0.2, -0.15) is 5.26 Å². The summed E-state index contributed by atoms with van der Waals surface area (Å²) < 4.78 is 7.29. The van der Waals surface area contributed by atoms with Crippen LogP contribution >= 0.6 is 0 Å². The Morgan fingerprint density at radius 1 is 1.40 bits per heavy atom. The normalized spacial score (nSPS) is 10.2. The van der Waals surface area contributed by atoms with Crippen molar-refractivity contribution in [3.63, 3.8) is 0 Å². The van der Waals surface area contributed by atoms with Crippen LogP contribution in [0.15, 0.2) is 30.6 Å². The predicted molar refractivity (Wildman–Crippen MR) is 74.0 cm³/mol. The van der Waals surface area contributed by atoms with Crippen LogP contribution in [0.1, 0.15) is 11.4 Å². The molecular formula is C14H17N5O. The van der Waals surface area contributed by atoms with Gasteiger partial charge in [-0.1, -0.05) is 18.2 Å². The van der Waals surface area contributed by atoms with Crippen molar-refractivity contribution in [2.75, 3.05) is 13.2 Å². The third-order valence-corrected chi connectivity index (χ3v) is 2.91. The summed E-state index contributed by atoms with van der Waals surface area (Å²) in [6, 6.07) is 9.69. The minimum atomic E-state index is 0.0654. The highest BCUT2D eigenvalue weighted by Gasteiger charge is 2.03. The molecule has 0 radical (unpaired) electrons. The van der Waals surface area contributed by atoms with Crippen LogP contribution in [0.2, 0.25) is 0 Å². The molecule has 6 heteroatoms. The number of aromatic nitrogens is 3. The van der Waals surface area contributed by atoms with E-state index < -0.39 is 0 Å². The Bertz CT molecular complexity index is 587. The number of nitrogens with one attached hydrogen (secondary N) is 1. The van der Waals surface area contributed by atoms with Gasteiger partial charge in [-0.05, 0) is 6.07 Å². The monoisotopic (exact) mass is 271 g/mol. The number of hydrogen-bond donors (Lipinski definition) is 1. The van der Waals surface area contributed by atoms with Crippen LogP contribution in [0.25, 0.3) is 0 Å². The van der Waals surface area contributed by atoms with Crippen LogP contribution in [0.3, 0.4) is 0 Å². The molecule has 0 bridgehead atoms. The highest BCUT2D eigenvalue weighted by Crippen LogP contribution is 2.17. The van der Waals surface area contributed by atoms with Gasteiger partial charge in [-0.25, -0.2) is 0 Å². The van der Waals surface area contributed by atoms with Crippen molar-refractivity contribution in [1.82, 2.24) is 20.1 Å². The first kappa shape index (κ1) is 14.0. The topological polar surface area (TPSA) is 75.8 Å². The molecule has 0 aliphatic rings. The van der Waals surface area contributed by atoms with Gasteiger partial charge in [0, 0.05) is 32.1 Å². The van der Waals surface area contributed by atoms with Crippen molar-refractivity contribution in [2.24, 2.45) is 7.05 Å². The Morgan fingerprint density at radius 3 is 3.00 bits per heavy atom. The highest BCUT2D eigenvalue weighted by molar-refractivity contribution is 5.33. The first-order chi connectivity index (χ1) is 9.81. The average Bonchev–Trinajstić information content (AvgIpc) is 2.88. The molecule has 104 valence electrons. The van der Waals surface area contributed by atoms with Gasteiger partial charge in [0.05, 0.1) is 0 Å². The molecule has 1 aromatic heterocycles. The Hall–Kier alpha value is -2.39. The van der Waals surface area contributed by atoms with E-state index in [1.54, 1.807) is 6.33 Å². The summed E-state index contributed by atoms with van der Waals surface area (Å²) in [6.07, 6.45) is 2.51. The zero-order valence-electron chi connectivity index (χ0n) is 11.4. The summed E-state index contributed by atoms with van der Waals surface area (Å²) in [4.78, 5) is 0. The number of benzene rings is 1. The van der Waals surface area contributed by atoms with E-state index in [1.165, 1.54) is 0 Å². The third kappa shape index (κ3) is 3.80. The van der Waals surface area contributed by atoms with Crippen molar-refractivity contribution in [3.05, 3.63) is 42.0 Å². The molecule has 2 aromatic rings. The number of para-hydroxylation sites is 1. The predicted octanol–water partition coefficient (Wildman–Crippen LogP) is 1.05. The fourth-order valence-corrected chi connectivity index (χ4v) is 1.86. The van der Waals surface area contributed by atoms with E-state index in [1.807, 2.05) is 41.9 Å². The van der Waals surface area contributed by atoms with Gasteiger partial charge in [0.2, 0.25) is 0 Å². The summed E-state index contributed by atoms with van der Waals surface area (Å²) in [5.74, 6) is 1.70. The van der Waals surface area contributed by atoms with E-state index in [0.717, 1.165) is 30.1 Å². The van der Waals surface area contributed by atoms with Gasteiger partial charge >= 0.3 is 0 Å². The van der Waals surface area contributed by atoms with E-state index in [9.17, 15) is 0 Å². The molecule has 0 saturated carbocycles. The van der Waals surface area contributed by atoms with Gasteiger partial charge in [-0.15, -0.1) is 10.2 Å². The van der Waals surface area contributed by atoms with Crippen LogP contribution < -0.4 is 10.1 Å². The van der Waals surface area contributed by atoms with Crippen molar-refractivity contribution >= 4 is 0 Å². The molecule has 6 nitrogen and oxygen atoms in total. The second kappa shape index (κ2) is 7.26. The maximum Gasteiger partial charge on any atom is 0.174 e. The SMILES string of the molecule is Cn1cnnc1CCNCc1ccccc1OCC#N. The van der Waals surface area contributed by atoms with Crippen molar-refractivity contribution in [2.45, 2.75) is 13.0 Å². The summed E-state index contributed by atoms with van der Waals surface area (Å²) in [6.45, 7) is 1.56. The van der Waals surface area contributed by atoms with Gasteiger partial charge in [0.1, 0.15) is 24.0 Å². The maximum absolute atomic E-state index is 8.56. The average molecular weight is 271 g/mol. The molecule has 0 spiro atoms. The van der Waals surface area contributed by atoms with Crippen LogP contribution in [0.4, 0.5) is 0 Å². The molecule has 0 aliphatic carbocycles. The molecule has 2 rings (SSSR count). The van der Waals surface area contributed by atoms with E-state index in [-0.39, 0.29) is 6.61 Å². The molecule has 0 fully saturated rings. The minimum Gasteiger partial charge on any atom is -0.478 e. The molecule has 1 aromatic carbocycles. The minimum absolute atomic E-state index is 0.0654. The van der Waals surface area contributed by atoms with Gasteiger partial charge in [-0.3, -0.25) is 0 Å². The van der Waals surface area contributed by atoms with Gasteiger partial charge in [0.25, 0.3) is 0 Å². The van der Waals surface area contributed by atoms with E-state index in [4.69, 9.17) is 10.00 Å². The van der Waals surface area contributed by atoms with Crippen molar-refractivity contribution < 1.29 is 4.74 Å². The molecular weight excluding hydrogens is 254 g/mol. The molecule has 20 heavy (non-hydrogen) atoms. The third-order valence-electron chi connectivity index (χ3n) is 2.91. The molecule has 0 atom stereocenters. The number of aryl methyl sites for hydroxylation is 1. The van der Waals surface area contributed by atoms with Gasteiger partial charge in [0.15, 0.2) is 6.61 Å². The molecule has 1 N–H and O–H groups in total. The van der Waals surface area contributed by atoms with E-state index in [2.05, 4.69) is 15.5 Å². The second-order valence-electron chi connectivity index (χ2n) is 4.34. The summed E-state index contributed by atoms with van der Waals surface area (Å²) in [5.41, 5.74) is 1.04. The number of nitriles is 1. The largest absolute Gasteiger partial charge is 0.478 e. The first-order valence-electron chi connectivity index (χ1n) is 6.42. The zero-order chi connectivity index (χ0) is 14.2. The van der Waals surface area contributed by atoms with E-state index >= 15 is 0 Å². The van der Waals surface area contributed by atoms with Crippen LogP contribution in [0.5, 0.6) is 5.75 Å². The lowest BCUT2D eigenvalue weighted by molar-refractivity contribution is 0.362. The van der Waals surface area contributed by atoms with Crippen molar-refractivity contribution in [3.8, 4) is 11.8 Å². The standard InChI is InChI=1S/C14H17N5O/c1-19-11-17-18-14(19)6-8-16-10-12-4-2-3-5-13(12)20-9-7-15/h2-5,11,16H,6,8-10H2,1H3. The smallest absolute Gasteiger partial charge is 0.174 e. The Labute approximate surface area is 118 Å². The molecule has 0 unspecified atom stereocenters. The summed E-state index contributed by atoms with van der Waals surface area (Å²) >= 11 is 0. The second-order valence-corrected chi connectivity index (χ2v) is 4.34. The number of rotatable bonds is 7. The van der Waals surface area contributed by atoms with Crippen molar-refractivity contribution in [1.29, 1.82) is 5.26 Å². The number of nitrogens with zero attached hydrogens (tertiary/aromatic N) is 4. The van der Waals surface area contributed by atoms with Crippen LogP contribution in [-0.4, -0.2) is 27.9 Å². The summed E-state index contributed by atoms with van der Waals surface area (Å²) in [5, 5.41) is 19.8. The lowest BCUT2D eigenvalue weighted by Crippen LogP contribution is -2.18. The lowest BCUT2D eigenvalue weighted by Gasteiger charge is -2.10. The fourth-order valence-electron chi connectivity index (χ4n) is 1.86. The van der Waals surface area contributed by atoms with Crippen LogP contribution in [0, 0.1) is 11.3 Å².